The standard InChI is InChI=1S/C21H30N2O/c24-21(13-18-11-19-9-10-20(12-18)22-19)23(15-17-7-4-8-17)14-16-5-2-1-3-6-16/h1-3,5-6,17-20,22H,4,7-15H2. The van der Waals surface area contributed by atoms with Crippen LogP contribution in [0.4, 0.5) is 0 Å². The molecule has 3 aliphatic rings. The van der Waals surface area contributed by atoms with Crippen LogP contribution in [-0.2, 0) is 11.3 Å². The normalized spacial score (nSPS) is 29.2. The van der Waals surface area contributed by atoms with Crippen LogP contribution in [0.1, 0.15) is 56.9 Å². The Morgan fingerprint density at radius 1 is 1.00 bits per heavy atom. The fourth-order valence-corrected chi connectivity index (χ4v) is 4.76. The Bertz CT molecular complexity index is 542. The first-order valence-corrected chi connectivity index (χ1v) is 9.84. The molecule has 1 N–H and O–H groups in total. The van der Waals surface area contributed by atoms with E-state index in [-0.39, 0.29) is 0 Å². The summed E-state index contributed by atoms with van der Waals surface area (Å²) in [5, 5.41) is 3.69. The summed E-state index contributed by atoms with van der Waals surface area (Å²) in [6, 6.07) is 11.8. The van der Waals surface area contributed by atoms with Crippen LogP contribution in [0.2, 0.25) is 0 Å². The van der Waals surface area contributed by atoms with Crippen molar-refractivity contribution in [1.82, 2.24) is 10.2 Å². The number of amides is 1. The van der Waals surface area contributed by atoms with Crippen LogP contribution in [0.25, 0.3) is 0 Å². The summed E-state index contributed by atoms with van der Waals surface area (Å²) in [6.07, 6.45) is 9.72. The topological polar surface area (TPSA) is 32.3 Å². The zero-order chi connectivity index (χ0) is 16.4. The third-order valence-corrected chi connectivity index (χ3v) is 6.31. The Kier molecular flexibility index (Phi) is 4.88. The number of hydrogen-bond donors (Lipinski definition) is 1. The van der Waals surface area contributed by atoms with Crippen LogP contribution in [0.5, 0.6) is 0 Å². The van der Waals surface area contributed by atoms with Crippen molar-refractivity contribution in [1.29, 1.82) is 0 Å². The molecule has 2 bridgehead atoms. The Hall–Kier alpha value is -1.35. The first kappa shape index (κ1) is 16.1. The zero-order valence-electron chi connectivity index (χ0n) is 14.6. The molecule has 0 spiro atoms. The predicted molar refractivity (Wildman–Crippen MR) is 96.5 cm³/mol. The third kappa shape index (κ3) is 3.83. The molecule has 4 rings (SSSR count). The lowest BCUT2D eigenvalue weighted by Crippen LogP contribution is -2.41. The van der Waals surface area contributed by atoms with Crippen molar-refractivity contribution in [2.45, 2.75) is 70.0 Å². The first-order valence-electron chi connectivity index (χ1n) is 9.84. The Morgan fingerprint density at radius 3 is 2.33 bits per heavy atom. The molecule has 1 saturated carbocycles. The molecule has 1 aromatic carbocycles. The van der Waals surface area contributed by atoms with Crippen molar-refractivity contribution in [3.8, 4) is 0 Å². The number of benzene rings is 1. The van der Waals surface area contributed by atoms with E-state index in [1.807, 2.05) is 6.07 Å². The quantitative estimate of drug-likeness (QED) is 0.864. The highest BCUT2D eigenvalue weighted by molar-refractivity contribution is 5.76. The lowest BCUT2D eigenvalue weighted by Gasteiger charge is -2.34. The molecule has 2 saturated heterocycles. The molecule has 2 atom stereocenters. The van der Waals surface area contributed by atoms with E-state index in [4.69, 9.17) is 0 Å². The van der Waals surface area contributed by atoms with Gasteiger partial charge in [-0.05, 0) is 55.9 Å². The van der Waals surface area contributed by atoms with Gasteiger partial charge in [0, 0.05) is 31.6 Å². The molecular formula is C21H30N2O. The highest BCUT2D eigenvalue weighted by Crippen LogP contribution is 2.34. The second kappa shape index (κ2) is 7.26. The molecule has 0 radical (unpaired) electrons. The van der Waals surface area contributed by atoms with Gasteiger partial charge in [-0.1, -0.05) is 36.8 Å². The predicted octanol–water partition coefficient (Wildman–Crippen LogP) is 3.74. The molecule has 1 aromatic rings. The van der Waals surface area contributed by atoms with E-state index in [0.29, 0.717) is 23.9 Å². The zero-order valence-corrected chi connectivity index (χ0v) is 14.6. The third-order valence-electron chi connectivity index (χ3n) is 6.31. The molecule has 2 unspecified atom stereocenters. The van der Waals surface area contributed by atoms with Crippen LogP contribution in [0.3, 0.4) is 0 Å². The van der Waals surface area contributed by atoms with Gasteiger partial charge in [-0.2, -0.15) is 0 Å². The fourth-order valence-electron chi connectivity index (χ4n) is 4.76. The van der Waals surface area contributed by atoms with E-state index in [2.05, 4.69) is 34.5 Å². The molecule has 2 heterocycles. The number of fused-ring (bicyclic) bond motifs is 2. The van der Waals surface area contributed by atoms with E-state index in [0.717, 1.165) is 25.4 Å². The summed E-state index contributed by atoms with van der Waals surface area (Å²) < 4.78 is 0. The Labute approximate surface area is 145 Å². The summed E-state index contributed by atoms with van der Waals surface area (Å²) in [4.78, 5) is 15.2. The fraction of sp³-hybridized carbons (Fsp3) is 0.667. The van der Waals surface area contributed by atoms with Crippen molar-refractivity contribution in [2.75, 3.05) is 6.54 Å². The maximum absolute atomic E-state index is 13.0. The molecule has 3 nitrogen and oxygen atoms in total. The molecule has 1 aliphatic carbocycles. The minimum absolute atomic E-state index is 0.386. The van der Waals surface area contributed by atoms with Gasteiger partial charge in [-0.25, -0.2) is 0 Å². The number of hydrogen-bond acceptors (Lipinski definition) is 2. The monoisotopic (exact) mass is 326 g/mol. The summed E-state index contributed by atoms with van der Waals surface area (Å²) >= 11 is 0. The summed E-state index contributed by atoms with van der Waals surface area (Å²) in [5.41, 5.74) is 1.26. The Balaban J connectivity index is 1.38. The van der Waals surface area contributed by atoms with Gasteiger partial charge < -0.3 is 10.2 Å². The van der Waals surface area contributed by atoms with Gasteiger partial charge in [0.15, 0.2) is 0 Å². The number of carbonyl (C=O) groups is 1. The largest absolute Gasteiger partial charge is 0.338 e. The highest BCUT2D eigenvalue weighted by Gasteiger charge is 2.35. The second-order valence-electron chi connectivity index (χ2n) is 8.24. The van der Waals surface area contributed by atoms with Crippen molar-refractivity contribution >= 4 is 5.91 Å². The van der Waals surface area contributed by atoms with Gasteiger partial charge in [0.2, 0.25) is 5.91 Å². The van der Waals surface area contributed by atoms with E-state index < -0.39 is 0 Å². The Morgan fingerprint density at radius 2 is 1.71 bits per heavy atom. The van der Waals surface area contributed by atoms with Crippen molar-refractivity contribution in [3.63, 3.8) is 0 Å². The van der Waals surface area contributed by atoms with Crippen LogP contribution in [0, 0.1) is 11.8 Å². The maximum atomic E-state index is 13.0. The van der Waals surface area contributed by atoms with Gasteiger partial charge in [-0.3, -0.25) is 4.79 Å². The minimum Gasteiger partial charge on any atom is -0.338 e. The van der Waals surface area contributed by atoms with Gasteiger partial charge in [0.1, 0.15) is 0 Å². The molecule has 1 amide bonds. The minimum atomic E-state index is 0.386. The summed E-state index contributed by atoms with van der Waals surface area (Å²) in [7, 11) is 0. The van der Waals surface area contributed by atoms with Gasteiger partial charge in [0.25, 0.3) is 0 Å². The van der Waals surface area contributed by atoms with Crippen LogP contribution < -0.4 is 5.32 Å². The molecular weight excluding hydrogens is 296 g/mol. The molecule has 0 aromatic heterocycles. The number of nitrogens with zero attached hydrogens (tertiary/aromatic N) is 1. The maximum Gasteiger partial charge on any atom is 0.223 e. The number of rotatable bonds is 6. The van der Waals surface area contributed by atoms with E-state index >= 15 is 0 Å². The van der Waals surface area contributed by atoms with Crippen molar-refractivity contribution < 1.29 is 4.79 Å². The van der Waals surface area contributed by atoms with E-state index in [1.54, 1.807) is 0 Å². The smallest absolute Gasteiger partial charge is 0.223 e. The van der Waals surface area contributed by atoms with Gasteiger partial charge >= 0.3 is 0 Å². The molecule has 2 aliphatic heterocycles. The van der Waals surface area contributed by atoms with E-state index in [1.165, 1.54) is 50.5 Å². The second-order valence-corrected chi connectivity index (χ2v) is 8.24. The van der Waals surface area contributed by atoms with Crippen molar-refractivity contribution in [3.05, 3.63) is 35.9 Å². The number of carbonyl (C=O) groups excluding carboxylic acids is 1. The highest BCUT2D eigenvalue weighted by atomic mass is 16.2. The van der Waals surface area contributed by atoms with Gasteiger partial charge in [0.05, 0.1) is 0 Å². The van der Waals surface area contributed by atoms with Crippen molar-refractivity contribution in [2.24, 2.45) is 11.8 Å². The van der Waals surface area contributed by atoms with E-state index in [9.17, 15) is 4.79 Å². The molecule has 130 valence electrons. The van der Waals surface area contributed by atoms with Crippen LogP contribution in [0.15, 0.2) is 30.3 Å². The summed E-state index contributed by atoms with van der Waals surface area (Å²) in [6.45, 7) is 1.75. The number of nitrogens with one attached hydrogen (secondary N) is 1. The first-order chi connectivity index (χ1) is 11.8. The number of piperidine rings is 1. The van der Waals surface area contributed by atoms with Crippen LogP contribution >= 0.6 is 0 Å². The van der Waals surface area contributed by atoms with Gasteiger partial charge in [-0.15, -0.1) is 0 Å². The molecule has 3 fully saturated rings. The molecule has 24 heavy (non-hydrogen) atoms. The molecule has 3 heteroatoms. The summed E-state index contributed by atoms with van der Waals surface area (Å²) in [5.74, 6) is 1.72. The lowest BCUT2D eigenvalue weighted by molar-refractivity contribution is -0.134. The van der Waals surface area contributed by atoms with Crippen LogP contribution in [-0.4, -0.2) is 29.4 Å². The average molecular weight is 326 g/mol. The lowest BCUT2D eigenvalue weighted by atomic mass is 9.84. The average Bonchev–Trinajstić information content (AvgIpc) is 2.89. The SMILES string of the molecule is O=C(CC1CC2CCC(C1)N2)N(Cc1ccccc1)CC1CCC1.